The molecule has 3 aromatic rings. The van der Waals surface area contributed by atoms with E-state index in [0.717, 1.165) is 37.5 Å². The van der Waals surface area contributed by atoms with Gasteiger partial charge in [-0.05, 0) is 54.2 Å². The second kappa shape index (κ2) is 6.89. The lowest BCUT2D eigenvalue weighted by Crippen LogP contribution is -2.32. The highest BCUT2D eigenvalue weighted by Crippen LogP contribution is 2.44. The standard InChI is InChI=1S/C22H17N3OS2/c1-26-17-12-10-16(11-13-17)25-21-20(28-22(25)27)19(15-7-3-2-4-8-15)23-18-9-5-6-14-24(18)21/h2-14,19H,1H3. The second-order valence-corrected chi connectivity index (χ2v) is 8.14. The molecule has 0 saturated heterocycles. The summed E-state index contributed by atoms with van der Waals surface area (Å²) in [7, 11) is 1.67. The molecule has 28 heavy (non-hydrogen) atoms. The minimum absolute atomic E-state index is 0.0650. The fraction of sp³-hybridized carbons (Fsp3) is 0.0909. The maximum absolute atomic E-state index is 5.79. The zero-order valence-electron chi connectivity index (χ0n) is 15.1. The summed E-state index contributed by atoms with van der Waals surface area (Å²) in [5.41, 5.74) is 2.18. The maximum Gasteiger partial charge on any atom is 0.167 e. The van der Waals surface area contributed by atoms with E-state index < -0.39 is 0 Å². The third-order valence-electron chi connectivity index (χ3n) is 4.83. The van der Waals surface area contributed by atoms with Gasteiger partial charge in [0.15, 0.2) is 3.95 Å². The number of benzene rings is 2. The number of aliphatic imine (C=N–C) groups is 1. The first-order valence-corrected chi connectivity index (χ1v) is 10.2. The molecule has 2 aliphatic rings. The number of allylic oxidation sites excluding steroid dienone is 2. The highest BCUT2D eigenvalue weighted by Gasteiger charge is 2.32. The Morgan fingerprint density at radius 3 is 2.57 bits per heavy atom. The molecule has 0 bridgehead atoms. The minimum Gasteiger partial charge on any atom is -0.497 e. The molecule has 4 nitrogen and oxygen atoms in total. The van der Waals surface area contributed by atoms with Crippen molar-refractivity contribution in [2.75, 3.05) is 12.0 Å². The average Bonchev–Trinajstić information content (AvgIpc) is 3.11. The van der Waals surface area contributed by atoms with Crippen LogP contribution in [0, 0.1) is 3.95 Å². The van der Waals surface area contributed by atoms with E-state index in [1.165, 1.54) is 0 Å². The molecule has 1 atom stereocenters. The van der Waals surface area contributed by atoms with Gasteiger partial charge in [0.05, 0.1) is 12.0 Å². The molecule has 0 aliphatic carbocycles. The van der Waals surface area contributed by atoms with Gasteiger partial charge in [-0.3, -0.25) is 14.5 Å². The molecule has 2 aliphatic heterocycles. The van der Waals surface area contributed by atoms with Crippen molar-refractivity contribution in [1.29, 1.82) is 0 Å². The Bertz CT molecular complexity index is 1170. The lowest BCUT2D eigenvalue weighted by atomic mass is 10.0. The van der Waals surface area contributed by atoms with Gasteiger partial charge in [0, 0.05) is 11.9 Å². The molecular weight excluding hydrogens is 386 g/mol. The van der Waals surface area contributed by atoms with Crippen molar-refractivity contribution in [1.82, 2.24) is 4.57 Å². The van der Waals surface area contributed by atoms with E-state index in [-0.39, 0.29) is 6.04 Å². The van der Waals surface area contributed by atoms with E-state index >= 15 is 0 Å². The van der Waals surface area contributed by atoms with Crippen LogP contribution >= 0.6 is 23.6 Å². The summed E-state index contributed by atoms with van der Waals surface area (Å²) in [5.74, 6) is 2.79. The summed E-state index contributed by atoms with van der Waals surface area (Å²) < 4.78 is 8.24. The van der Waals surface area contributed by atoms with Gasteiger partial charge >= 0.3 is 0 Å². The average molecular weight is 404 g/mol. The van der Waals surface area contributed by atoms with Crippen molar-refractivity contribution in [3.63, 3.8) is 0 Å². The third-order valence-corrected chi connectivity index (χ3v) is 6.25. The van der Waals surface area contributed by atoms with Crippen LogP contribution in [0.25, 0.3) is 5.69 Å². The van der Waals surface area contributed by atoms with E-state index in [0.29, 0.717) is 0 Å². The topological polar surface area (TPSA) is 29.8 Å². The molecule has 0 amide bonds. The number of rotatable bonds is 3. The number of anilines is 1. The zero-order valence-corrected chi connectivity index (χ0v) is 16.8. The molecular formula is C22H17N3OS2. The molecule has 0 saturated carbocycles. The molecule has 2 aromatic carbocycles. The van der Waals surface area contributed by atoms with E-state index in [9.17, 15) is 0 Å². The highest BCUT2D eigenvalue weighted by atomic mass is 32.1. The van der Waals surface area contributed by atoms with Crippen LogP contribution in [-0.2, 0) is 0 Å². The molecule has 1 aromatic heterocycles. The number of ether oxygens (including phenoxy) is 1. The first-order valence-electron chi connectivity index (χ1n) is 8.93. The molecule has 0 spiro atoms. The van der Waals surface area contributed by atoms with E-state index in [1.807, 2.05) is 54.8 Å². The van der Waals surface area contributed by atoms with E-state index in [2.05, 4.69) is 33.7 Å². The van der Waals surface area contributed by atoms with Crippen LogP contribution in [0.4, 0.5) is 5.82 Å². The van der Waals surface area contributed by atoms with Gasteiger partial charge in [-0.25, -0.2) is 0 Å². The van der Waals surface area contributed by atoms with Gasteiger partial charge in [0.2, 0.25) is 0 Å². The Hall–Kier alpha value is -2.96. The number of nitrogens with zero attached hydrogens (tertiary/aromatic N) is 3. The lowest BCUT2D eigenvalue weighted by Gasteiger charge is -2.31. The Balaban J connectivity index is 1.74. The van der Waals surface area contributed by atoms with Crippen LogP contribution in [0.15, 0.2) is 84.0 Å². The number of fused-ring (bicyclic) bond motifs is 3. The van der Waals surface area contributed by atoms with Gasteiger partial charge in [-0.1, -0.05) is 36.4 Å². The maximum atomic E-state index is 5.79. The van der Waals surface area contributed by atoms with Gasteiger partial charge in [-0.15, -0.1) is 11.3 Å². The number of hydrogen-bond donors (Lipinski definition) is 0. The van der Waals surface area contributed by atoms with E-state index in [1.54, 1.807) is 18.4 Å². The molecule has 0 fully saturated rings. The quantitative estimate of drug-likeness (QED) is 0.528. The lowest BCUT2D eigenvalue weighted by molar-refractivity contribution is 0.415. The predicted octanol–water partition coefficient (Wildman–Crippen LogP) is 5.67. The summed E-state index contributed by atoms with van der Waals surface area (Å²) in [6.07, 6.45) is 8.12. The molecule has 0 radical (unpaired) electrons. The van der Waals surface area contributed by atoms with Crippen LogP contribution < -0.4 is 9.64 Å². The number of hydrogen-bond acceptors (Lipinski definition) is 5. The molecule has 138 valence electrons. The van der Waals surface area contributed by atoms with E-state index in [4.69, 9.17) is 21.9 Å². The van der Waals surface area contributed by atoms with Crippen LogP contribution in [0.2, 0.25) is 0 Å². The van der Waals surface area contributed by atoms with Crippen LogP contribution in [-0.4, -0.2) is 17.5 Å². The molecule has 1 unspecified atom stereocenters. The normalized spacial score (nSPS) is 17.1. The number of thiazole rings is 1. The molecule has 3 heterocycles. The van der Waals surface area contributed by atoms with Crippen molar-refractivity contribution in [3.05, 3.63) is 93.4 Å². The van der Waals surface area contributed by atoms with Crippen LogP contribution in [0.1, 0.15) is 16.5 Å². The summed E-state index contributed by atoms with van der Waals surface area (Å²) >= 11 is 7.41. The van der Waals surface area contributed by atoms with Gasteiger partial charge in [0.1, 0.15) is 23.4 Å². The smallest absolute Gasteiger partial charge is 0.167 e. The molecule has 0 N–H and O–H groups in total. The zero-order chi connectivity index (χ0) is 19.1. The van der Waals surface area contributed by atoms with Crippen molar-refractivity contribution in [3.8, 4) is 11.4 Å². The number of methoxy groups -OCH3 is 1. The fourth-order valence-corrected chi connectivity index (χ4v) is 5.03. The Morgan fingerprint density at radius 1 is 1.04 bits per heavy atom. The van der Waals surface area contributed by atoms with Crippen LogP contribution in [0.5, 0.6) is 5.75 Å². The second-order valence-electron chi connectivity index (χ2n) is 6.46. The van der Waals surface area contributed by atoms with Crippen molar-refractivity contribution in [2.24, 2.45) is 4.99 Å². The summed E-state index contributed by atoms with van der Waals surface area (Å²) in [5, 5.41) is 0. The van der Waals surface area contributed by atoms with Crippen LogP contribution in [0.3, 0.4) is 0 Å². The summed E-state index contributed by atoms with van der Waals surface area (Å²) in [6.45, 7) is 0. The van der Waals surface area contributed by atoms with Crippen molar-refractivity contribution >= 4 is 35.2 Å². The predicted molar refractivity (Wildman–Crippen MR) is 118 cm³/mol. The molecule has 5 rings (SSSR count). The van der Waals surface area contributed by atoms with Gasteiger partial charge in [-0.2, -0.15) is 0 Å². The Labute approximate surface area is 172 Å². The monoisotopic (exact) mass is 403 g/mol. The van der Waals surface area contributed by atoms with Crippen molar-refractivity contribution in [2.45, 2.75) is 6.04 Å². The minimum atomic E-state index is -0.0650. The number of amidine groups is 1. The van der Waals surface area contributed by atoms with Gasteiger partial charge < -0.3 is 4.74 Å². The first kappa shape index (κ1) is 17.2. The fourth-order valence-electron chi connectivity index (χ4n) is 3.52. The third kappa shape index (κ3) is 2.73. The Morgan fingerprint density at radius 2 is 1.82 bits per heavy atom. The summed E-state index contributed by atoms with van der Waals surface area (Å²) in [4.78, 5) is 8.29. The largest absolute Gasteiger partial charge is 0.497 e. The first-order chi connectivity index (χ1) is 13.8. The van der Waals surface area contributed by atoms with Crippen molar-refractivity contribution < 1.29 is 4.74 Å². The SMILES string of the molecule is COc1ccc(-n2c3c(sc2=S)C(c2ccccc2)N=C2C=CC=CN23)cc1. The highest BCUT2D eigenvalue weighted by molar-refractivity contribution is 7.73. The number of aromatic nitrogens is 1. The summed E-state index contributed by atoms with van der Waals surface area (Å²) in [6, 6.07) is 18.3. The van der Waals surface area contributed by atoms with Gasteiger partial charge in [0.25, 0.3) is 0 Å². The molecule has 6 heteroatoms. The Kier molecular flexibility index (Phi) is 4.22.